The molecule has 1 nitrogen and oxygen atoms in total. The first-order chi connectivity index (χ1) is 20.4. The number of halogens is 3. The summed E-state index contributed by atoms with van der Waals surface area (Å²) >= 11 is 1.87. The van der Waals surface area contributed by atoms with Crippen LogP contribution in [-0.2, 0) is 26.3 Å². The molecule has 6 rings (SSSR count). The van der Waals surface area contributed by atoms with Crippen LogP contribution in [0.25, 0.3) is 43.6 Å². The van der Waals surface area contributed by atoms with E-state index in [0.717, 1.165) is 29.0 Å². The Morgan fingerprint density at radius 1 is 0.795 bits per heavy atom. The van der Waals surface area contributed by atoms with Crippen LogP contribution in [-0.4, -0.2) is 6.18 Å². The average molecular weight is 615 g/mol. The summed E-state index contributed by atoms with van der Waals surface area (Å²) < 4.78 is 43.6. The van der Waals surface area contributed by atoms with E-state index in [4.69, 9.17) is 0 Å². The molecule has 0 saturated heterocycles. The molecule has 0 fully saturated rings. The first-order valence-electron chi connectivity index (χ1n) is 15.7. The summed E-state index contributed by atoms with van der Waals surface area (Å²) in [6.07, 6.45) is -0.197. The van der Waals surface area contributed by atoms with E-state index in [0.29, 0.717) is 11.5 Å². The van der Waals surface area contributed by atoms with Crippen LogP contribution in [0.1, 0.15) is 70.7 Å². The Morgan fingerprint density at radius 3 is 2.11 bits per heavy atom. The average Bonchev–Trinajstić information content (AvgIpc) is 2.90. The lowest BCUT2D eigenvalue weighted by atomic mass is 9.83. The Hall–Kier alpha value is -3.05. The predicted molar refractivity (Wildman–Crippen MR) is 180 cm³/mol. The number of rotatable bonds is 5. The van der Waals surface area contributed by atoms with E-state index in [1.165, 1.54) is 67.7 Å². The number of benzene rings is 4. The smallest absolute Gasteiger partial charge is 0.200 e. The van der Waals surface area contributed by atoms with Crippen LogP contribution < -0.4 is 4.57 Å². The molecule has 0 unspecified atom stereocenters. The lowest BCUT2D eigenvalue weighted by Crippen LogP contribution is -2.34. The molecule has 5 heteroatoms. The maximum absolute atomic E-state index is 13.8. The zero-order valence-electron chi connectivity index (χ0n) is 27.4. The van der Waals surface area contributed by atoms with Crippen LogP contribution in [0.15, 0.2) is 64.5 Å². The molecule has 0 saturated carbocycles. The Balaban J connectivity index is 1.64. The molecular weight excluding hydrogens is 571 g/mol. The highest BCUT2D eigenvalue weighted by atomic mass is 32.2. The Bertz CT molecular complexity index is 1960. The highest BCUT2D eigenvalue weighted by Crippen LogP contribution is 2.53. The molecule has 0 radical (unpaired) electrons. The highest BCUT2D eigenvalue weighted by molar-refractivity contribution is 8.00. The summed E-state index contributed by atoms with van der Waals surface area (Å²) in [6.45, 7) is 16.3. The van der Waals surface area contributed by atoms with Gasteiger partial charge in [0.2, 0.25) is 5.69 Å². The monoisotopic (exact) mass is 614 g/mol. The van der Waals surface area contributed by atoms with Crippen molar-refractivity contribution in [3.8, 4) is 11.3 Å². The third-order valence-corrected chi connectivity index (χ3v) is 10.4. The molecule has 230 valence electrons. The SMILES string of the molecule is Cc1c2c(c(CC(C)C)c3ccc(CC(C)(C)C)cc13)Sc1cc3ccc(CC(C)(C)C(F)(F)F)cc3c3cc[n+](C)c-2c13. The molecular formula is C39H43F3NS+. The van der Waals surface area contributed by atoms with E-state index < -0.39 is 11.6 Å². The summed E-state index contributed by atoms with van der Waals surface area (Å²) in [6, 6.07) is 17.3. The highest BCUT2D eigenvalue weighted by Gasteiger charge is 2.47. The van der Waals surface area contributed by atoms with Gasteiger partial charge in [-0.2, -0.15) is 13.2 Å². The maximum atomic E-state index is 13.8. The summed E-state index contributed by atoms with van der Waals surface area (Å²) in [4.78, 5) is 2.55. The molecule has 0 bridgehead atoms. The van der Waals surface area contributed by atoms with Gasteiger partial charge < -0.3 is 0 Å². The van der Waals surface area contributed by atoms with Crippen molar-refractivity contribution in [3.05, 3.63) is 77.0 Å². The lowest BCUT2D eigenvalue weighted by molar-refractivity contribution is -0.659. The molecule has 1 aliphatic heterocycles. The minimum absolute atomic E-state index is 0.0543. The number of nitrogens with zero attached hydrogens (tertiary/aromatic N) is 1. The quantitative estimate of drug-likeness (QED) is 0.138. The third-order valence-electron chi connectivity index (χ3n) is 9.16. The van der Waals surface area contributed by atoms with Crippen molar-refractivity contribution in [2.75, 3.05) is 0 Å². The second-order valence-corrected chi connectivity index (χ2v) is 16.2. The van der Waals surface area contributed by atoms with E-state index in [2.05, 4.69) is 89.7 Å². The van der Waals surface area contributed by atoms with Gasteiger partial charge in [0.05, 0.1) is 16.4 Å². The molecule has 5 aromatic rings. The van der Waals surface area contributed by atoms with E-state index >= 15 is 0 Å². The normalized spacial score (nSPS) is 13.8. The van der Waals surface area contributed by atoms with Crippen molar-refractivity contribution in [1.29, 1.82) is 0 Å². The number of pyridine rings is 1. The van der Waals surface area contributed by atoms with Gasteiger partial charge in [0.1, 0.15) is 7.05 Å². The number of alkyl halides is 3. The fourth-order valence-electron chi connectivity index (χ4n) is 6.98. The Morgan fingerprint density at radius 2 is 1.45 bits per heavy atom. The lowest BCUT2D eigenvalue weighted by Gasteiger charge is -2.28. The molecule has 2 heterocycles. The van der Waals surface area contributed by atoms with E-state index in [9.17, 15) is 13.2 Å². The minimum atomic E-state index is -4.27. The van der Waals surface area contributed by atoms with Crippen LogP contribution in [0.2, 0.25) is 0 Å². The van der Waals surface area contributed by atoms with E-state index in [1.807, 2.05) is 30.0 Å². The Kier molecular flexibility index (Phi) is 7.39. The van der Waals surface area contributed by atoms with Crippen molar-refractivity contribution in [1.82, 2.24) is 0 Å². The van der Waals surface area contributed by atoms with Crippen molar-refractivity contribution < 1.29 is 17.7 Å². The molecule has 44 heavy (non-hydrogen) atoms. The van der Waals surface area contributed by atoms with Crippen molar-refractivity contribution in [2.24, 2.45) is 23.8 Å². The van der Waals surface area contributed by atoms with Crippen LogP contribution in [0, 0.1) is 23.7 Å². The van der Waals surface area contributed by atoms with Crippen LogP contribution in [0.3, 0.4) is 0 Å². The molecule has 0 atom stereocenters. The molecule has 0 N–H and O–H groups in total. The second kappa shape index (κ2) is 10.5. The van der Waals surface area contributed by atoms with E-state index in [1.54, 1.807) is 0 Å². The first-order valence-corrected chi connectivity index (χ1v) is 16.5. The molecule has 4 aromatic carbocycles. The predicted octanol–water partition coefficient (Wildman–Crippen LogP) is 11.3. The van der Waals surface area contributed by atoms with Crippen molar-refractivity contribution in [2.45, 2.75) is 90.6 Å². The van der Waals surface area contributed by atoms with E-state index in [-0.39, 0.29) is 11.8 Å². The summed E-state index contributed by atoms with van der Waals surface area (Å²) in [5.41, 5.74) is 5.65. The van der Waals surface area contributed by atoms with Gasteiger partial charge in [-0.3, -0.25) is 0 Å². The Labute approximate surface area is 263 Å². The molecule has 0 spiro atoms. The molecule has 1 aromatic heterocycles. The van der Waals surface area contributed by atoms with Gasteiger partial charge in [-0.15, -0.1) is 0 Å². The molecule has 0 aliphatic carbocycles. The number of hydrogen-bond donors (Lipinski definition) is 0. The van der Waals surface area contributed by atoms with Gasteiger partial charge >= 0.3 is 6.18 Å². The number of aromatic nitrogens is 1. The number of fused-ring (bicyclic) bond motifs is 5. The zero-order valence-corrected chi connectivity index (χ0v) is 28.2. The maximum Gasteiger partial charge on any atom is 0.394 e. The van der Waals surface area contributed by atoms with Gasteiger partial charge in [0.15, 0.2) is 6.20 Å². The van der Waals surface area contributed by atoms with Crippen LogP contribution in [0.5, 0.6) is 0 Å². The van der Waals surface area contributed by atoms with Crippen molar-refractivity contribution in [3.63, 3.8) is 0 Å². The third kappa shape index (κ3) is 5.29. The van der Waals surface area contributed by atoms with Gasteiger partial charge in [-0.05, 0) is 87.4 Å². The first kappa shape index (κ1) is 31.0. The number of hydrogen-bond acceptors (Lipinski definition) is 1. The zero-order chi connectivity index (χ0) is 31.9. The molecule has 0 amide bonds. The van der Waals surface area contributed by atoms with Crippen molar-refractivity contribution >= 4 is 44.1 Å². The molecule has 1 aliphatic rings. The van der Waals surface area contributed by atoms with Gasteiger partial charge in [-0.1, -0.05) is 96.6 Å². The largest absolute Gasteiger partial charge is 0.394 e. The van der Waals surface area contributed by atoms with Gasteiger partial charge in [0.25, 0.3) is 0 Å². The standard InChI is InChI=1S/C39H43F3NS/c1-22(2)16-31-27-13-11-24(20-37(4,5)6)17-29(27)23(3)33-35-34-28(14-15-43(35)9)30-18-25(21-38(7,8)39(40,41)42)10-12-26(30)19-32(34)44-36(31)33/h10-15,17-19,22H,16,20-21H2,1-9H3/q+1. The van der Waals surface area contributed by atoms with Crippen LogP contribution >= 0.6 is 11.8 Å². The fraction of sp³-hybridized carbons (Fsp3) is 0.410. The second-order valence-electron chi connectivity index (χ2n) is 15.2. The summed E-state index contributed by atoms with van der Waals surface area (Å²) in [5, 5.41) is 7.03. The fourth-order valence-corrected chi connectivity index (χ4v) is 8.37. The van der Waals surface area contributed by atoms with Crippen LogP contribution in [0.4, 0.5) is 13.2 Å². The minimum Gasteiger partial charge on any atom is -0.200 e. The van der Waals surface area contributed by atoms with Gasteiger partial charge in [0, 0.05) is 21.2 Å². The topological polar surface area (TPSA) is 3.88 Å². The summed E-state index contributed by atoms with van der Waals surface area (Å²) in [5.74, 6) is 0.502. The van der Waals surface area contributed by atoms with Gasteiger partial charge in [-0.25, -0.2) is 4.57 Å². The number of aryl methyl sites for hydroxylation is 2. The summed E-state index contributed by atoms with van der Waals surface area (Å²) in [7, 11) is 2.12.